The quantitative estimate of drug-likeness (QED) is 0.792. The molecule has 0 aliphatic heterocycles. The number of nitrogens with one attached hydrogen (secondary N) is 1. The molecule has 0 fully saturated rings. The van der Waals surface area contributed by atoms with Crippen LogP contribution in [-0.2, 0) is 11.2 Å². The molecule has 0 aliphatic rings. The van der Waals surface area contributed by atoms with Crippen molar-refractivity contribution in [2.75, 3.05) is 13.2 Å². The third kappa shape index (κ3) is 5.24. The molecular weight excluding hydrogens is 312 g/mol. The summed E-state index contributed by atoms with van der Waals surface area (Å²) < 4.78 is 5.44. The molecule has 6 heteroatoms. The second kappa shape index (κ2) is 8.11. The van der Waals surface area contributed by atoms with Crippen LogP contribution in [0.25, 0.3) is 0 Å². The molecule has 0 radical (unpaired) electrons. The van der Waals surface area contributed by atoms with Gasteiger partial charge in [0.25, 0.3) is 0 Å². The van der Waals surface area contributed by atoms with Gasteiger partial charge < -0.3 is 10.1 Å². The van der Waals surface area contributed by atoms with Gasteiger partial charge in [0.1, 0.15) is 5.75 Å². The number of ether oxygens (including phenoxy) is 1. The van der Waals surface area contributed by atoms with Crippen LogP contribution in [0.1, 0.15) is 27.0 Å². The first-order valence-electron chi connectivity index (χ1n) is 7.08. The maximum Gasteiger partial charge on any atom is 0.216 e. The Morgan fingerprint density at radius 2 is 2.13 bits per heavy atom. The van der Waals surface area contributed by atoms with Crippen molar-refractivity contribution in [3.8, 4) is 11.8 Å². The molecule has 0 aliphatic carbocycles. The van der Waals surface area contributed by atoms with Gasteiger partial charge in [-0.2, -0.15) is 5.26 Å². The normalized spacial score (nSPS) is 9.91. The molecule has 1 N–H and O–H groups in total. The first-order chi connectivity index (χ1) is 11.1. The van der Waals surface area contributed by atoms with Gasteiger partial charge in [0.2, 0.25) is 11.7 Å². The maximum atomic E-state index is 12.1. The number of rotatable bonds is 7. The second-order valence-corrected chi connectivity index (χ2v) is 6.02. The van der Waals surface area contributed by atoms with Crippen molar-refractivity contribution < 1.29 is 14.3 Å². The average Bonchev–Trinajstić information content (AvgIpc) is 3.01. The lowest BCUT2D eigenvalue weighted by atomic mass is 10.2. The van der Waals surface area contributed by atoms with Gasteiger partial charge in [0.05, 0.1) is 16.5 Å². The van der Waals surface area contributed by atoms with E-state index in [9.17, 15) is 9.59 Å². The van der Waals surface area contributed by atoms with Gasteiger partial charge in [0, 0.05) is 18.3 Å². The summed E-state index contributed by atoms with van der Waals surface area (Å²) in [7, 11) is 0. The number of amides is 1. The first kappa shape index (κ1) is 16.7. The molecule has 0 bridgehead atoms. The lowest BCUT2D eigenvalue weighted by Crippen LogP contribution is -2.22. The SMILES string of the molecule is CC(=O)NCCc1ccc(C(=O)COc2cccc(C#N)c2)s1. The molecule has 0 unspecified atom stereocenters. The lowest BCUT2D eigenvalue weighted by molar-refractivity contribution is -0.118. The standard InChI is InChI=1S/C17H16N2O3S/c1-12(20)19-8-7-15-5-6-17(23-15)16(21)11-22-14-4-2-3-13(9-14)10-18/h2-6,9H,7-8,11H2,1H3,(H,19,20). The molecule has 1 aromatic heterocycles. The van der Waals surface area contributed by atoms with Crippen molar-refractivity contribution in [3.63, 3.8) is 0 Å². The fourth-order valence-corrected chi connectivity index (χ4v) is 2.83. The fourth-order valence-electron chi connectivity index (χ4n) is 1.90. The van der Waals surface area contributed by atoms with Gasteiger partial charge in [-0.15, -0.1) is 11.3 Å². The maximum absolute atomic E-state index is 12.1. The largest absolute Gasteiger partial charge is 0.485 e. The molecular formula is C17H16N2O3S. The highest BCUT2D eigenvalue weighted by molar-refractivity contribution is 7.14. The Bertz CT molecular complexity index is 746. The third-order valence-electron chi connectivity index (χ3n) is 3.01. The number of thiophene rings is 1. The van der Waals surface area contributed by atoms with Crippen LogP contribution >= 0.6 is 11.3 Å². The molecule has 1 amide bonds. The van der Waals surface area contributed by atoms with Crippen LogP contribution < -0.4 is 10.1 Å². The summed E-state index contributed by atoms with van der Waals surface area (Å²) in [6.45, 7) is 1.96. The Kier molecular flexibility index (Phi) is 5.89. The van der Waals surface area contributed by atoms with Gasteiger partial charge >= 0.3 is 0 Å². The molecule has 0 spiro atoms. The predicted molar refractivity (Wildman–Crippen MR) is 87.7 cm³/mol. The Morgan fingerprint density at radius 3 is 2.87 bits per heavy atom. The van der Waals surface area contributed by atoms with E-state index in [2.05, 4.69) is 5.32 Å². The number of Topliss-reactive ketones (excluding diaryl/α,β-unsaturated/α-hetero) is 1. The van der Waals surface area contributed by atoms with Crippen LogP contribution in [0.5, 0.6) is 5.75 Å². The molecule has 0 saturated carbocycles. The van der Waals surface area contributed by atoms with E-state index in [1.165, 1.54) is 18.3 Å². The van der Waals surface area contributed by atoms with E-state index in [1.54, 1.807) is 30.3 Å². The number of hydrogen-bond acceptors (Lipinski definition) is 5. The number of ketones is 1. The van der Waals surface area contributed by atoms with E-state index >= 15 is 0 Å². The first-order valence-corrected chi connectivity index (χ1v) is 7.89. The summed E-state index contributed by atoms with van der Waals surface area (Å²) in [5.41, 5.74) is 0.492. The van der Waals surface area contributed by atoms with Crippen molar-refractivity contribution in [1.82, 2.24) is 5.32 Å². The summed E-state index contributed by atoms with van der Waals surface area (Å²) in [5.74, 6) is 0.328. The topological polar surface area (TPSA) is 79.2 Å². The van der Waals surface area contributed by atoms with Crippen LogP contribution in [0, 0.1) is 11.3 Å². The summed E-state index contributed by atoms with van der Waals surface area (Å²) in [6.07, 6.45) is 0.697. The third-order valence-corrected chi connectivity index (χ3v) is 4.20. The lowest BCUT2D eigenvalue weighted by Gasteiger charge is -2.04. The molecule has 1 aromatic carbocycles. The monoisotopic (exact) mass is 328 g/mol. The van der Waals surface area contributed by atoms with Gasteiger partial charge in [-0.05, 0) is 36.8 Å². The highest BCUT2D eigenvalue weighted by atomic mass is 32.1. The van der Waals surface area contributed by atoms with Crippen molar-refractivity contribution in [1.29, 1.82) is 5.26 Å². The molecule has 0 atom stereocenters. The van der Waals surface area contributed by atoms with Crippen molar-refractivity contribution in [3.05, 3.63) is 51.7 Å². The van der Waals surface area contributed by atoms with Crippen LogP contribution in [0.2, 0.25) is 0 Å². The van der Waals surface area contributed by atoms with Crippen LogP contribution in [0.3, 0.4) is 0 Å². The van der Waals surface area contributed by atoms with Gasteiger partial charge in [-0.1, -0.05) is 6.07 Å². The molecule has 118 valence electrons. The van der Waals surface area contributed by atoms with E-state index in [0.717, 1.165) is 4.88 Å². The number of carbonyl (C=O) groups is 2. The van der Waals surface area contributed by atoms with Crippen molar-refractivity contribution in [2.45, 2.75) is 13.3 Å². The van der Waals surface area contributed by atoms with E-state index in [-0.39, 0.29) is 18.3 Å². The second-order valence-electron chi connectivity index (χ2n) is 4.85. The van der Waals surface area contributed by atoms with Crippen molar-refractivity contribution >= 4 is 23.0 Å². The highest BCUT2D eigenvalue weighted by Crippen LogP contribution is 2.18. The Hall–Kier alpha value is -2.65. The zero-order chi connectivity index (χ0) is 16.7. The fraction of sp³-hybridized carbons (Fsp3) is 0.235. The van der Waals surface area contributed by atoms with Gasteiger partial charge in [-0.3, -0.25) is 9.59 Å². The number of carbonyl (C=O) groups excluding carboxylic acids is 2. The minimum atomic E-state index is -0.108. The molecule has 2 aromatic rings. The molecule has 23 heavy (non-hydrogen) atoms. The van der Waals surface area contributed by atoms with E-state index in [1.807, 2.05) is 12.1 Å². The van der Waals surface area contributed by atoms with Crippen LogP contribution in [0.4, 0.5) is 0 Å². The summed E-state index contributed by atoms with van der Waals surface area (Å²) in [4.78, 5) is 24.6. The van der Waals surface area contributed by atoms with E-state index < -0.39 is 0 Å². The zero-order valence-corrected chi connectivity index (χ0v) is 13.5. The molecule has 1 heterocycles. The van der Waals surface area contributed by atoms with Gasteiger partial charge in [0.15, 0.2) is 6.61 Å². The average molecular weight is 328 g/mol. The predicted octanol–water partition coefficient (Wildman–Crippen LogP) is 2.56. The Balaban J connectivity index is 1.87. The van der Waals surface area contributed by atoms with E-state index in [0.29, 0.717) is 29.2 Å². The van der Waals surface area contributed by atoms with Crippen LogP contribution in [-0.4, -0.2) is 24.8 Å². The van der Waals surface area contributed by atoms with Crippen LogP contribution in [0.15, 0.2) is 36.4 Å². The highest BCUT2D eigenvalue weighted by Gasteiger charge is 2.10. The van der Waals surface area contributed by atoms with Crippen molar-refractivity contribution in [2.24, 2.45) is 0 Å². The zero-order valence-electron chi connectivity index (χ0n) is 12.7. The Labute approximate surface area is 138 Å². The summed E-state index contributed by atoms with van der Waals surface area (Å²) in [6, 6.07) is 12.4. The number of nitriles is 1. The number of hydrogen-bond donors (Lipinski definition) is 1. The minimum absolute atomic E-state index is 0.0640. The minimum Gasteiger partial charge on any atom is -0.485 e. The summed E-state index contributed by atoms with van der Waals surface area (Å²) >= 11 is 1.40. The smallest absolute Gasteiger partial charge is 0.216 e. The number of benzene rings is 1. The van der Waals surface area contributed by atoms with E-state index in [4.69, 9.17) is 10.00 Å². The molecule has 0 saturated heterocycles. The number of nitrogens with zero attached hydrogens (tertiary/aromatic N) is 1. The molecule has 2 rings (SSSR count). The molecule has 5 nitrogen and oxygen atoms in total. The Morgan fingerprint density at radius 1 is 1.30 bits per heavy atom. The van der Waals surface area contributed by atoms with Gasteiger partial charge in [-0.25, -0.2) is 0 Å². The summed E-state index contributed by atoms with van der Waals surface area (Å²) in [5, 5.41) is 11.6.